The molecule has 0 spiro atoms. The number of ether oxygens (including phenoxy) is 10. The molecule has 2 fully saturated rings. The van der Waals surface area contributed by atoms with Gasteiger partial charge in [-0.15, -0.1) is 11.8 Å². The molecule has 14 nitrogen and oxygen atoms in total. The van der Waals surface area contributed by atoms with Crippen molar-refractivity contribution in [2.24, 2.45) is 0 Å². The summed E-state index contributed by atoms with van der Waals surface area (Å²) in [6.07, 6.45) is -7.87. The van der Waals surface area contributed by atoms with E-state index in [9.17, 15) is 19.2 Å². The molecule has 15 heteroatoms. The van der Waals surface area contributed by atoms with Gasteiger partial charge in [-0.25, -0.2) is 0 Å². The predicted octanol–water partition coefficient (Wildman–Crippen LogP) is 4.93. The fraction of sp³-hybridized carbons (Fsp3) is 0.476. The van der Waals surface area contributed by atoms with Gasteiger partial charge in [-0.2, -0.15) is 0 Å². The third kappa shape index (κ3) is 13.1. The van der Waals surface area contributed by atoms with Crippen LogP contribution >= 0.6 is 11.8 Å². The topological polar surface area (TPSA) is 161 Å². The number of methoxy groups -OCH3 is 1. The highest BCUT2D eigenvalue weighted by molar-refractivity contribution is 8.00. The maximum atomic E-state index is 12.5. The maximum absolute atomic E-state index is 12.5. The first-order valence-corrected chi connectivity index (χ1v) is 19.5. The molecule has 2 aliphatic heterocycles. The van der Waals surface area contributed by atoms with Crippen molar-refractivity contribution in [3.8, 4) is 0 Å². The summed E-state index contributed by atoms with van der Waals surface area (Å²) >= 11 is 1.10. The van der Waals surface area contributed by atoms with Crippen molar-refractivity contribution < 1.29 is 66.5 Å². The van der Waals surface area contributed by atoms with E-state index in [0.717, 1.165) is 28.5 Å². The quantitative estimate of drug-likeness (QED) is 0.126. The van der Waals surface area contributed by atoms with Crippen LogP contribution in [0, 0.1) is 0 Å². The van der Waals surface area contributed by atoms with Gasteiger partial charge in [0.1, 0.15) is 36.5 Å². The molecule has 2 heterocycles. The minimum Gasteiger partial charge on any atom is -0.465 e. The second-order valence-corrected chi connectivity index (χ2v) is 14.8. The van der Waals surface area contributed by atoms with Gasteiger partial charge >= 0.3 is 23.9 Å². The number of esters is 4. The lowest BCUT2D eigenvalue weighted by Gasteiger charge is -2.47. The van der Waals surface area contributed by atoms with E-state index in [1.807, 2.05) is 91.0 Å². The average molecular weight is 811 g/mol. The van der Waals surface area contributed by atoms with E-state index in [2.05, 4.69) is 0 Å². The molecule has 10 atom stereocenters. The highest BCUT2D eigenvalue weighted by atomic mass is 32.2. The minimum atomic E-state index is -1.32. The molecule has 308 valence electrons. The van der Waals surface area contributed by atoms with Gasteiger partial charge in [0.2, 0.25) is 0 Å². The summed E-state index contributed by atoms with van der Waals surface area (Å²) in [6.45, 7) is 5.05. The third-order valence-corrected chi connectivity index (χ3v) is 10.5. The van der Waals surface area contributed by atoms with Gasteiger partial charge in [0, 0.05) is 34.8 Å². The average Bonchev–Trinajstić information content (AvgIpc) is 3.19. The van der Waals surface area contributed by atoms with Gasteiger partial charge in [-0.3, -0.25) is 19.2 Å². The van der Waals surface area contributed by atoms with Gasteiger partial charge in [-0.1, -0.05) is 91.0 Å². The van der Waals surface area contributed by atoms with Gasteiger partial charge in [0.05, 0.1) is 31.7 Å². The Hall–Kier alpha value is -4.35. The van der Waals surface area contributed by atoms with Gasteiger partial charge in [-0.05, 0) is 16.7 Å². The van der Waals surface area contributed by atoms with E-state index in [-0.39, 0.29) is 33.0 Å². The summed E-state index contributed by atoms with van der Waals surface area (Å²) in [4.78, 5) is 49.1. The van der Waals surface area contributed by atoms with E-state index in [1.165, 1.54) is 34.8 Å². The van der Waals surface area contributed by atoms with Crippen LogP contribution < -0.4 is 0 Å². The molecule has 2 aliphatic rings. The Morgan fingerprint density at radius 1 is 0.526 bits per heavy atom. The molecule has 0 saturated carbocycles. The molecular weight excluding hydrogens is 761 g/mol. The Balaban J connectivity index is 1.48. The molecule has 0 radical (unpaired) electrons. The number of rotatable bonds is 18. The molecule has 0 N–H and O–H groups in total. The Bertz CT molecular complexity index is 1710. The minimum absolute atomic E-state index is 0.170. The van der Waals surface area contributed by atoms with Crippen LogP contribution in [-0.2, 0) is 86.4 Å². The smallest absolute Gasteiger partial charge is 0.303 e. The fourth-order valence-corrected chi connectivity index (χ4v) is 7.96. The summed E-state index contributed by atoms with van der Waals surface area (Å²) in [6, 6.07) is 29.0. The standard InChI is InChI=1S/C42H50O14S/c1-26(43)48-25-34-36(53-27(2)44)38(54-28(3)45)40(55-29(4)46)42(57-34)52-24-33-35(49-21-30-15-9-6-10-16-30)37(50-22-31-17-11-7-12-18-31)39(41(47-5)56-33)51-23-32-19-13-8-14-20-32/h6-20,33-42H,21-25H2,1-5H3/t33-,34-,35-,36-,37+,38+,39-,40-,41+,42+/m1/s1. The molecule has 3 aromatic carbocycles. The molecule has 0 aromatic heterocycles. The largest absolute Gasteiger partial charge is 0.465 e. The first kappa shape index (κ1) is 43.8. The predicted molar refractivity (Wildman–Crippen MR) is 205 cm³/mol. The molecule has 57 heavy (non-hydrogen) atoms. The number of carbonyl (C=O) groups excluding carboxylic acids is 4. The van der Waals surface area contributed by atoms with E-state index >= 15 is 0 Å². The summed E-state index contributed by atoms with van der Waals surface area (Å²) in [7, 11) is 1.51. The van der Waals surface area contributed by atoms with E-state index < -0.39 is 83.6 Å². The lowest BCUT2D eigenvalue weighted by Crippen LogP contribution is -2.62. The van der Waals surface area contributed by atoms with Crippen LogP contribution in [0.2, 0.25) is 0 Å². The van der Waals surface area contributed by atoms with Crippen molar-refractivity contribution in [3.63, 3.8) is 0 Å². The van der Waals surface area contributed by atoms with E-state index in [4.69, 9.17) is 47.4 Å². The lowest BCUT2D eigenvalue weighted by atomic mass is 9.97. The lowest BCUT2D eigenvalue weighted by molar-refractivity contribution is -0.324. The third-order valence-electron chi connectivity index (χ3n) is 9.05. The maximum Gasteiger partial charge on any atom is 0.303 e. The van der Waals surface area contributed by atoms with Crippen LogP contribution in [0.1, 0.15) is 44.4 Å². The van der Waals surface area contributed by atoms with Gasteiger partial charge in [0.15, 0.2) is 24.6 Å². The van der Waals surface area contributed by atoms with Crippen LogP contribution in [0.5, 0.6) is 0 Å². The highest BCUT2D eigenvalue weighted by Gasteiger charge is 2.54. The first-order chi connectivity index (χ1) is 27.5. The second-order valence-electron chi connectivity index (χ2n) is 13.5. The van der Waals surface area contributed by atoms with Crippen LogP contribution in [0.3, 0.4) is 0 Å². The summed E-state index contributed by atoms with van der Waals surface area (Å²) in [5.41, 5.74) is 1.72. The fourth-order valence-electron chi connectivity index (χ4n) is 6.58. The van der Waals surface area contributed by atoms with Crippen LogP contribution in [0.4, 0.5) is 0 Å². The summed E-state index contributed by atoms with van der Waals surface area (Å²) in [5.74, 6) is -2.68. The van der Waals surface area contributed by atoms with Gasteiger partial charge < -0.3 is 47.4 Å². The van der Waals surface area contributed by atoms with E-state index in [0.29, 0.717) is 0 Å². The SMILES string of the molecule is CO[C@H]1O[C@H](CO[C@H]2S[C@H](COC(C)=O)[C@@H](OC(C)=O)[C@H](OC(C)=O)[C@H]2OC(C)=O)[C@@H](OCc2ccccc2)[C@H](OCc2ccccc2)[C@H]1OCc1ccccc1. The molecule has 0 amide bonds. The zero-order chi connectivity index (χ0) is 40.7. The van der Waals surface area contributed by atoms with Crippen molar-refractivity contribution in [2.45, 2.75) is 107 Å². The van der Waals surface area contributed by atoms with Crippen molar-refractivity contribution >= 4 is 35.6 Å². The Morgan fingerprint density at radius 2 is 0.982 bits per heavy atom. The second kappa shape index (κ2) is 22.0. The molecular formula is C42H50O14S. The molecule has 2 saturated heterocycles. The Morgan fingerprint density at radius 3 is 1.46 bits per heavy atom. The number of benzene rings is 3. The summed E-state index contributed by atoms with van der Waals surface area (Å²) < 4.78 is 61.2. The molecule has 0 aliphatic carbocycles. The Kier molecular flexibility index (Phi) is 16.9. The number of hydrogen-bond donors (Lipinski definition) is 0. The first-order valence-electron chi connectivity index (χ1n) is 18.6. The van der Waals surface area contributed by atoms with Crippen molar-refractivity contribution in [1.29, 1.82) is 0 Å². The molecule has 0 unspecified atom stereocenters. The normalized spacial score (nSPS) is 27.2. The molecule has 5 rings (SSSR count). The number of hydrogen-bond acceptors (Lipinski definition) is 15. The Labute approximate surface area is 336 Å². The van der Waals surface area contributed by atoms with Crippen LogP contribution in [0.25, 0.3) is 0 Å². The highest BCUT2D eigenvalue weighted by Crippen LogP contribution is 2.40. The number of carbonyl (C=O) groups is 4. The molecule has 0 bridgehead atoms. The zero-order valence-corrected chi connectivity index (χ0v) is 33.4. The van der Waals surface area contributed by atoms with Crippen molar-refractivity contribution in [1.82, 2.24) is 0 Å². The number of thioether (sulfide) groups is 1. The van der Waals surface area contributed by atoms with Crippen molar-refractivity contribution in [2.75, 3.05) is 20.3 Å². The van der Waals surface area contributed by atoms with E-state index in [1.54, 1.807) is 0 Å². The van der Waals surface area contributed by atoms with Crippen LogP contribution in [0.15, 0.2) is 91.0 Å². The zero-order valence-electron chi connectivity index (χ0n) is 32.6. The van der Waals surface area contributed by atoms with Crippen LogP contribution in [-0.4, -0.2) is 104 Å². The summed E-state index contributed by atoms with van der Waals surface area (Å²) in [5, 5.41) is -0.791. The van der Waals surface area contributed by atoms with Gasteiger partial charge in [0.25, 0.3) is 0 Å². The molecule has 3 aromatic rings. The monoisotopic (exact) mass is 810 g/mol. The van der Waals surface area contributed by atoms with Crippen molar-refractivity contribution in [3.05, 3.63) is 108 Å².